The molecule has 8 rings (SSSR count). The molecule has 0 saturated heterocycles. The molecule has 8 bridgehead atoms. The Balaban J connectivity index is 0.0000000931. The van der Waals surface area contributed by atoms with E-state index in [1.807, 2.05) is 23.7 Å². The van der Waals surface area contributed by atoms with Crippen LogP contribution < -0.4 is 0 Å². The third-order valence-electron chi connectivity index (χ3n) is 9.56. The molecule has 0 nitrogen and oxygen atoms in total. The second-order valence-electron chi connectivity index (χ2n) is 11.6. The SMILES string of the molecule is C1CC2CC[C-]1C2.C1CC2CC[C-]1C2.C1CC2CC[C-]1C2.C1CC2CC[C-]1C2.[Mn]. The molecule has 8 aliphatic rings. The average molecular weight is 436 g/mol. The summed E-state index contributed by atoms with van der Waals surface area (Å²) in [5.74, 6) is 12.0. The Morgan fingerprint density at radius 1 is 0.310 bits per heavy atom. The number of fused-ring (bicyclic) bond motifs is 8. The van der Waals surface area contributed by atoms with Crippen molar-refractivity contribution in [2.45, 2.75) is 128 Å². The fourth-order valence-corrected chi connectivity index (χ4v) is 7.61. The average Bonchev–Trinajstić information content (AvgIpc) is 3.63. The summed E-state index contributed by atoms with van der Waals surface area (Å²) in [6.07, 6.45) is 30.0. The largest absolute Gasteiger partial charge is 0.313 e. The molecule has 0 N–H and O–H groups in total. The summed E-state index contributed by atoms with van der Waals surface area (Å²) in [7, 11) is 0. The van der Waals surface area contributed by atoms with Gasteiger partial charge in [0.05, 0.1) is 0 Å². The molecule has 0 aromatic heterocycles. The molecule has 1 radical (unpaired) electrons. The topological polar surface area (TPSA) is 0 Å². The van der Waals surface area contributed by atoms with Gasteiger partial charge in [-0.1, -0.05) is 75.0 Å². The molecule has 0 spiro atoms. The molecule has 0 aliphatic heterocycles. The first-order valence-corrected chi connectivity index (χ1v) is 13.1. The molecular formula is C28H44Mn-4. The maximum absolute atomic E-state index is 1.87. The summed E-state index contributed by atoms with van der Waals surface area (Å²) in [5.41, 5.74) is 0. The minimum Gasteiger partial charge on any atom is -0.313 e. The summed E-state index contributed by atoms with van der Waals surface area (Å²) >= 11 is 0. The smallest absolute Gasteiger partial charge is 0 e. The van der Waals surface area contributed by atoms with Crippen LogP contribution in [-0.2, 0) is 17.1 Å². The first-order chi connectivity index (χ1) is 13.8. The Bertz CT molecular complexity index is 327. The zero-order valence-corrected chi connectivity index (χ0v) is 20.0. The molecular weight excluding hydrogens is 391 g/mol. The van der Waals surface area contributed by atoms with Crippen LogP contribution >= 0.6 is 0 Å². The molecule has 0 unspecified atom stereocenters. The summed E-state index contributed by atoms with van der Waals surface area (Å²) in [6, 6.07) is 0. The van der Waals surface area contributed by atoms with Gasteiger partial charge in [0, 0.05) is 17.1 Å². The van der Waals surface area contributed by atoms with E-state index < -0.39 is 0 Å². The van der Waals surface area contributed by atoms with E-state index in [-0.39, 0.29) is 17.1 Å². The van der Waals surface area contributed by atoms with Crippen LogP contribution in [0.1, 0.15) is 128 Å². The molecule has 1 heteroatoms. The van der Waals surface area contributed by atoms with E-state index in [1.54, 1.807) is 0 Å². The predicted octanol–water partition coefficient (Wildman–Crippen LogP) is 8.62. The Morgan fingerprint density at radius 2 is 0.483 bits per heavy atom. The molecule has 0 amide bonds. The molecule has 8 aliphatic carbocycles. The van der Waals surface area contributed by atoms with Gasteiger partial charge in [0.25, 0.3) is 0 Å². The maximum Gasteiger partial charge on any atom is 0 e. The van der Waals surface area contributed by atoms with E-state index in [0.29, 0.717) is 0 Å². The van der Waals surface area contributed by atoms with Gasteiger partial charge in [-0.05, 0) is 0 Å². The van der Waals surface area contributed by atoms with Crippen LogP contribution in [0.5, 0.6) is 0 Å². The molecule has 0 aromatic carbocycles. The van der Waals surface area contributed by atoms with E-state index in [2.05, 4.69) is 0 Å². The number of rotatable bonds is 0. The zero-order chi connectivity index (χ0) is 18.8. The van der Waals surface area contributed by atoms with Crippen molar-refractivity contribution in [2.75, 3.05) is 0 Å². The van der Waals surface area contributed by atoms with Crippen LogP contribution in [-0.4, -0.2) is 0 Å². The first kappa shape index (κ1) is 22.7. The second-order valence-corrected chi connectivity index (χ2v) is 11.6. The van der Waals surface area contributed by atoms with Crippen molar-refractivity contribution in [1.29, 1.82) is 0 Å². The Morgan fingerprint density at radius 3 is 0.517 bits per heavy atom. The van der Waals surface area contributed by atoms with Crippen molar-refractivity contribution >= 4 is 0 Å². The van der Waals surface area contributed by atoms with Gasteiger partial charge in [0.2, 0.25) is 0 Å². The van der Waals surface area contributed by atoms with Crippen LogP contribution in [0.2, 0.25) is 0 Å². The van der Waals surface area contributed by atoms with E-state index in [4.69, 9.17) is 0 Å². The summed E-state index contributed by atoms with van der Waals surface area (Å²) in [6.45, 7) is 0. The van der Waals surface area contributed by atoms with E-state index in [9.17, 15) is 0 Å². The minimum absolute atomic E-state index is 0. The standard InChI is InChI=1S/4C7H11.Mn/c4*1-2-7-4-3-6(1)5-7;/h4*6H,1-5H2;/q4*-1;. The van der Waals surface area contributed by atoms with E-state index in [1.165, 1.54) is 128 Å². The monoisotopic (exact) mass is 435 g/mol. The van der Waals surface area contributed by atoms with Crippen LogP contribution in [0.3, 0.4) is 0 Å². The van der Waals surface area contributed by atoms with Gasteiger partial charge < -0.3 is 23.7 Å². The normalized spacial score (nSPS) is 31.4. The van der Waals surface area contributed by atoms with Gasteiger partial charge in [-0.3, -0.25) is 0 Å². The predicted molar refractivity (Wildman–Crippen MR) is 119 cm³/mol. The molecule has 167 valence electrons. The van der Waals surface area contributed by atoms with Crippen LogP contribution in [0, 0.1) is 47.3 Å². The van der Waals surface area contributed by atoms with Crippen LogP contribution in [0.4, 0.5) is 0 Å². The molecule has 8 saturated carbocycles. The Hall–Kier alpha value is 0.519. The fraction of sp³-hybridized carbons (Fsp3) is 0.857. The molecule has 8 fully saturated rings. The van der Waals surface area contributed by atoms with Crippen molar-refractivity contribution in [3.8, 4) is 0 Å². The van der Waals surface area contributed by atoms with Crippen LogP contribution in [0.15, 0.2) is 0 Å². The van der Waals surface area contributed by atoms with E-state index in [0.717, 1.165) is 23.7 Å². The van der Waals surface area contributed by atoms with E-state index >= 15 is 0 Å². The number of hydrogen-bond acceptors (Lipinski definition) is 0. The van der Waals surface area contributed by atoms with Crippen molar-refractivity contribution in [3.63, 3.8) is 0 Å². The second kappa shape index (κ2) is 10.9. The van der Waals surface area contributed by atoms with Gasteiger partial charge in [0.15, 0.2) is 0 Å². The zero-order valence-electron chi connectivity index (χ0n) is 18.8. The number of hydrogen-bond donors (Lipinski definition) is 0. The third kappa shape index (κ3) is 6.28. The van der Waals surface area contributed by atoms with Gasteiger partial charge in [-0.25, -0.2) is 0 Å². The summed E-state index contributed by atoms with van der Waals surface area (Å²) < 4.78 is 0. The van der Waals surface area contributed by atoms with Gasteiger partial charge >= 0.3 is 0 Å². The summed E-state index contributed by atoms with van der Waals surface area (Å²) in [5, 5.41) is 0. The molecule has 0 aromatic rings. The fourth-order valence-electron chi connectivity index (χ4n) is 7.61. The molecule has 29 heavy (non-hydrogen) atoms. The minimum atomic E-state index is 0. The van der Waals surface area contributed by atoms with Crippen molar-refractivity contribution < 1.29 is 17.1 Å². The Labute approximate surface area is 192 Å². The third-order valence-corrected chi connectivity index (χ3v) is 9.56. The molecule has 0 heterocycles. The quantitative estimate of drug-likeness (QED) is 0.264. The maximum atomic E-state index is 1.87. The van der Waals surface area contributed by atoms with Crippen molar-refractivity contribution in [3.05, 3.63) is 23.7 Å². The Kier molecular flexibility index (Phi) is 8.53. The van der Waals surface area contributed by atoms with Crippen LogP contribution in [0.25, 0.3) is 0 Å². The van der Waals surface area contributed by atoms with Gasteiger partial charge in [-0.15, -0.1) is 0 Å². The summed E-state index contributed by atoms with van der Waals surface area (Å²) in [4.78, 5) is 0. The first-order valence-electron chi connectivity index (χ1n) is 13.1. The molecule has 0 atom stereocenters. The van der Waals surface area contributed by atoms with Gasteiger partial charge in [0.1, 0.15) is 0 Å². The van der Waals surface area contributed by atoms with Crippen molar-refractivity contribution in [2.24, 2.45) is 23.7 Å². The van der Waals surface area contributed by atoms with Gasteiger partial charge in [-0.2, -0.15) is 77.0 Å². The van der Waals surface area contributed by atoms with Crippen molar-refractivity contribution in [1.82, 2.24) is 0 Å².